The first-order valence-electron chi connectivity index (χ1n) is 11.4. The van der Waals surface area contributed by atoms with Crippen molar-refractivity contribution in [2.45, 2.75) is 13.3 Å². The van der Waals surface area contributed by atoms with Gasteiger partial charge >= 0.3 is 0 Å². The van der Waals surface area contributed by atoms with Crippen molar-refractivity contribution < 1.29 is 19.1 Å². The lowest BCUT2D eigenvalue weighted by Gasteiger charge is -2.25. The summed E-state index contributed by atoms with van der Waals surface area (Å²) in [7, 11) is 0. The first kappa shape index (κ1) is 21.7. The van der Waals surface area contributed by atoms with Gasteiger partial charge in [-0.15, -0.1) is 0 Å². The zero-order valence-corrected chi connectivity index (χ0v) is 18.9. The molecule has 0 saturated carbocycles. The second kappa shape index (κ2) is 9.39. The normalized spacial score (nSPS) is 15.1. The molecule has 0 aliphatic carbocycles. The average Bonchev–Trinajstić information content (AvgIpc) is 3.15. The van der Waals surface area contributed by atoms with E-state index in [1.165, 1.54) is 4.90 Å². The molecule has 7 heteroatoms. The van der Waals surface area contributed by atoms with Crippen molar-refractivity contribution in [1.29, 1.82) is 0 Å². The maximum Gasteiger partial charge on any atom is 0.282 e. The smallest absolute Gasteiger partial charge is 0.282 e. The Hall–Kier alpha value is -4.13. The molecule has 2 aliphatic rings. The van der Waals surface area contributed by atoms with Gasteiger partial charge in [0.2, 0.25) is 0 Å². The predicted octanol–water partition coefficient (Wildman–Crippen LogP) is 3.70. The third-order valence-corrected chi connectivity index (χ3v) is 6.02. The molecule has 3 aromatic rings. The van der Waals surface area contributed by atoms with Crippen LogP contribution in [0.4, 0.5) is 5.69 Å². The molecular formula is C27H25N3O4. The molecule has 34 heavy (non-hydrogen) atoms. The summed E-state index contributed by atoms with van der Waals surface area (Å²) in [5.41, 5.74) is 3.14. The minimum absolute atomic E-state index is 0.336. The number of hydrogen-bond acceptors (Lipinski definition) is 6. The number of anilines is 1. The summed E-state index contributed by atoms with van der Waals surface area (Å²) >= 11 is 0. The third-order valence-electron chi connectivity index (χ3n) is 6.02. The van der Waals surface area contributed by atoms with Crippen LogP contribution in [-0.4, -0.2) is 48.0 Å². The number of rotatable bonds is 7. The lowest BCUT2D eigenvalue weighted by molar-refractivity contribution is -0.120. The summed E-state index contributed by atoms with van der Waals surface area (Å²) in [6.45, 7) is 4.08. The van der Waals surface area contributed by atoms with E-state index in [0.717, 1.165) is 17.5 Å². The Morgan fingerprint density at radius 3 is 2.38 bits per heavy atom. The number of carbonyl (C=O) groups excluding carboxylic acids is 2. The average molecular weight is 456 g/mol. The number of ether oxygens (including phenoxy) is 2. The van der Waals surface area contributed by atoms with Crippen LogP contribution in [0.5, 0.6) is 11.5 Å². The first-order valence-corrected chi connectivity index (χ1v) is 11.4. The highest BCUT2D eigenvalue weighted by Gasteiger charge is 2.42. The second-order valence-corrected chi connectivity index (χ2v) is 8.05. The number of amides is 2. The fourth-order valence-corrected chi connectivity index (χ4v) is 4.32. The molecule has 3 heterocycles. The molecule has 0 N–H and O–H groups in total. The Kier molecular flexibility index (Phi) is 5.99. The highest BCUT2D eigenvalue weighted by molar-refractivity contribution is 6.45. The number of aromatic nitrogens is 1. The van der Waals surface area contributed by atoms with Crippen molar-refractivity contribution in [2.24, 2.45) is 0 Å². The maximum absolute atomic E-state index is 13.8. The van der Waals surface area contributed by atoms with Gasteiger partial charge in [0.1, 0.15) is 18.9 Å². The van der Waals surface area contributed by atoms with Gasteiger partial charge < -0.3 is 14.4 Å². The van der Waals surface area contributed by atoms with Crippen LogP contribution in [0.1, 0.15) is 18.1 Å². The Bertz CT molecular complexity index is 1240. The van der Waals surface area contributed by atoms with Crippen molar-refractivity contribution in [3.8, 4) is 11.5 Å². The molecule has 172 valence electrons. The molecule has 0 spiro atoms. The van der Waals surface area contributed by atoms with Gasteiger partial charge in [-0.25, -0.2) is 4.90 Å². The van der Waals surface area contributed by atoms with Gasteiger partial charge in [-0.3, -0.25) is 14.6 Å². The van der Waals surface area contributed by atoms with Crippen molar-refractivity contribution in [1.82, 2.24) is 9.88 Å². The Labute approximate surface area is 198 Å². The summed E-state index contributed by atoms with van der Waals surface area (Å²) < 4.78 is 11.3. The predicted molar refractivity (Wildman–Crippen MR) is 128 cm³/mol. The van der Waals surface area contributed by atoms with Crippen molar-refractivity contribution >= 4 is 23.1 Å². The van der Waals surface area contributed by atoms with Crippen LogP contribution >= 0.6 is 0 Å². The number of benzene rings is 2. The zero-order valence-electron chi connectivity index (χ0n) is 18.9. The molecule has 2 amide bonds. The fourth-order valence-electron chi connectivity index (χ4n) is 4.32. The lowest BCUT2D eigenvalue weighted by atomic mass is 10.0. The van der Waals surface area contributed by atoms with E-state index < -0.39 is 0 Å². The quantitative estimate of drug-likeness (QED) is 0.506. The molecule has 0 fully saturated rings. The first-order chi connectivity index (χ1) is 16.7. The van der Waals surface area contributed by atoms with Crippen LogP contribution in [0.15, 0.2) is 78.8 Å². The zero-order chi connectivity index (χ0) is 23.5. The number of imide groups is 1. The van der Waals surface area contributed by atoms with E-state index in [1.54, 1.807) is 30.6 Å². The summed E-state index contributed by atoms with van der Waals surface area (Å²) in [4.78, 5) is 34.8. The van der Waals surface area contributed by atoms with Crippen LogP contribution < -0.4 is 14.4 Å². The Balaban J connectivity index is 1.53. The van der Waals surface area contributed by atoms with Crippen molar-refractivity contribution in [3.05, 3.63) is 89.9 Å². The van der Waals surface area contributed by atoms with Gasteiger partial charge in [0.25, 0.3) is 11.8 Å². The van der Waals surface area contributed by atoms with E-state index >= 15 is 0 Å². The van der Waals surface area contributed by atoms with Gasteiger partial charge in [-0.2, -0.15) is 0 Å². The van der Waals surface area contributed by atoms with Crippen LogP contribution in [0.25, 0.3) is 5.57 Å². The molecule has 7 nitrogen and oxygen atoms in total. The standard InChI is InChI=1S/C27H25N3O4/c1-2-29(15-12-19-10-13-28-14-11-19)25-24(20-6-4-3-5-7-20)26(31)30(27(25)32)21-8-9-22-23(18-21)34-17-16-33-22/h3-11,13-14,18H,2,12,15-17H2,1H3. The molecule has 0 unspecified atom stereocenters. The summed E-state index contributed by atoms with van der Waals surface area (Å²) in [5, 5.41) is 0. The molecular weight excluding hydrogens is 430 g/mol. The fraction of sp³-hybridized carbons (Fsp3) is 0.222. The second-order valence-electron chi connectivity index (χ2n) is 8.05. The molecule has 0 saturated heterocycles. The summed E-state index contributed by atoms with van der Waals surface area (Å²) in [5.74, 6) is 0.463. The molecule has 5 rings (SSSR count). The van der Waals surface area contributed by atoms with Crippen LogP contribution in [0.2, 0.25) is 0 Å². The topological polar surface area (TPSA) is 72.0 Å². The Morgan fingerprint density at radius 2 is 1.65 bits per heavy atom. The summed E-state index contributed by atoms with van der Waals surface area (Å²) in [6.07, 6.45) is 4.25. The minimum atomic E-state index is -0.342. The van der Waals surface area contributed by atoms with E-state index in [9.17, 15) is 9.59 Å². The van der Waals surface area contributed by atoms with Gasteiger partial charge in [-0.05, 0) is 48.7 Å². The lowest BCUT2D eigenvalue weighted by Crippen LogP contribution is -2.36. The number of pyridine rings is 1. The highest BCUT2D eigenvalue weighted by atomic mass is 16.6. The number of fused-ring (bicyclic) bond motifs is 1. The van der Waals surface area contributed by atoms with Crippen molar-refractivity contribution in [2.75, 3.05) is 31.2 Å². The van der Waals surface area contributed by atoms with Crippen LogP contribution in [-0.2, 0) is 16.0 Å². The van der Waals surface area contributed by atoms with E-state index in [0.29, 0.717) is 54.8 Å². The van der Waals surface area contributed by atoms with Gasteiger partial charge in [-0.1, -0.05) is 30.3 Å². The molecule has 0 atom stereocenters. The van der Waals surface area contributed by atoms with E-state index in [4.69, 9.17) is 9.47 Å². The monoisotopic (exact) mass is 455 g/mol. The number of hydrogen-bond donors (Lipinski definition) is 0. The summed E-state index contributed by atoms with van der Waals surface area (Å²) in [6, 6.07) is 18.5. The van der Waals surface area contributed by atoms with E-state index in [2.05, 4.69) is 4.98 Å². The number of carbonyl (C=O) groups is 2. The van der Waals surface area contributed by atoms with Gasteiger partial charge in [0, 0.05) is 31.5 Å². The maximum atomic E-state index is 13.8. The van der Waals surface area contributed by atoms with E-state index in [1.807, 2.05) is 54.3 Å². The minimum Gasteiger partial charge on any atom is -0.486 e. The van der Waals surface area contributed by atoms with Crippen molar-refractivity contribution in [3.63, 3.8) is 0 Å². The van der Waals surface area contributed by atoms with Gasteiger partial charge in [0.05, 0.1) is 11.3 Å². The molecule has 2 aliphatic heterocycles. The SMILES string of the molecule is CCN(CCc1ccncc1)C1=C(c2ccccc2)C(=O)N(c2ccc3c(c2)OCCO3)C1=O. The van der Waals surface area contributed by atoms with Crippen LogP contribution in [0, 0.1) is 0 Å². The van der Waals surface area contributed by atoms with Crippen LogP contribution in [0.3, 0.4) is 0 Å². The molecule has 1 aromatic heterocycles. The molecule has 0 radical (unpaired) electrons. The molecule has 0 bridgehead atoms. The number of nitrogens with zero attached hydrogens (tertiary/aromatic N) is 3. The van der Waals surface area contributed by atoms with Gasteiger partial charge in [0.15, 0.2) is 11.5 Å². The Morgan fingerprint density at radius 1 is 0.912 bits per heavy atom. The largest absolute Gasteiger partial charge is 0.486 e. The highest BCUT2D eigenvalue weighted by Crippen LogP contribution is 2.39. The molecule has 2 aromatic carbocycles. The number of likely N-dealkylation sites (N-methyl/N-ethyl adjacent to an activating group) is 1. The third kappa shape index (κ3) is 4.01. The van der Waals surface area contributed by atoms with E-state index in [-0.39, 0.29) is 11.8 Å².